The highest BCUT2D eigenvalue weighted by Gasteiger charge is 2.25. The second-order valence-electron chi connectivity index (χ2n) is 3.99. The molecule has 7 heteroatoms. The number of halogens is 1. The van der Waals surface area contributed by atoms with Crippen LogP contribution in [0.1, 0.15) is 17.3 Å². The van der Waals surface area contributed by atoms with Crippen LogP contribution in [0.15, 0.2) is 6.20 Å². The maximum Gasteiger partial charge on any atom is 0.261 e. The van der Waals surface area contributed by atoms with Gasteiger partial charge in [-0.3, -0.25) is 4.79 Å². The molecular weight excluding hydrogens is 258 g/mol. The van der Waals surface area contributed by atoms with Gasteiger partial charge in [-0.2, -0.15) is 4.98 Å². The maximum absolute atomic E-state index is 12.3. The fourth-order valence-electron chi connectivity index (χ4n) is 1.82. The Balaban J connectivity index is 2.22. The molecule has 1 atom stereocenters. The number of amides is 1. The summed E-state index contributed by atoms with van der Waals surface area (Å²) in [7, 11) is 1.44. The Morgan fingerprint density at radius 1 is 1.67 bits per heavy atom. The lowest BCUT2D eigenvalue weighted by Crippen LogP contribution is -2.44. The van der Waals surface area contributed by atoms with Gasteiger partial charge in [0.25, 0.3) is 5.91 Å². The van der Waals surface area contributed by atoms with Crippen molar-refractivity contribution < 1.29 is 14.3 Å². The summed E-state index contributed by atoms with van der Waals surface area (Å²) >= 11 is 5.66. The van der Waals surface area contributed by atoms with E-state index in [9.17, 15) is 4.79 Å². The lowest BCUT2D eigenvalue weighted by Gasteiger charge is -2.31. The van der Waals surface area contributed by atoms with Crippen molar-refractivity contribution in [2.45, 2.75) is 13.0 Å². The molecule has 18 heavy (non-hydrogen) atoms. The van der Waals surface area contributed by atoms with E-state index in [4.69, 9.17) is 21.1 Å². The van der Waals surface area contributed by atoms with E-state index in [1.807, 2.05) is 6.92 Å². The van der Waals surface area contributed by atoms with E-state index in [0.29, 0.717) is 25.3 Å². The van der Waals surface area contributed by atoms with Crippen LogP contribution in [0.2, 0.25) is 5.28 Å². The highest BCUT2D eigenvalue weighted by Crippen LogP contribution is 2.19. The molecule has 1 aliphatic rings. The number of nitrogens with zero attached hydrogens (tertiary/aromatic N) is 3. The number of morpholine rings is 1. The summed E-state index contributed by atoms with van der Waals surface area (Å²) in [4.78, 5) is 21.7. The SMILES string of the molecule is COc1nc(Cl)ncc1C(=O)N1CCO[C@@H](C)C1. The molecule has 0 radical (unpaired) electrons. The summed E-state index contributed by atoms with van der Waals surface area (Å²) in [6.07, 6.45) is 1.42. The first-order valence-corrected chi connectivity index (χ1v) is 5.97. The monoisotopic (exact) mass is 271 g/mol. The minimum absolute atomic E-state index is 0.0295. The average Bonchev–Trinajstić information content (AvgIpc) is 2.37. The van der Waals surface area contributed by atoms with Crippen LogP contribution in [0.3, 0.4) is 0 Å². The third-order valence-corrected chi connectivity index (χ3v) is 2.86. The van der Waals surface area contributed by atoms with Crippen molar-refractivity contribution >= 4 is 17.5 Å². The Kier molecular flexibility index (Phi) is 3.98. The third kappa shape index (κ3) is 2.70. The Morgan fingerprint density at radius 2 is 2.44 bits per heavy atom. The molecule has 1 aromatic heterocycles. The molecule has 1 amide bonds. The summed E-state index contributed by atoms with van der Waals surface area (Å²) in [5, 5.41) is 0.0544. The number of hydrogen-bond donors (Lipinski definition) is 0. The molecule has 0 unspecified atom stereocenters. The Hall–Kier alpha value is -1.40. The Morgan fingerprint density at radius 3 is 3.11 bits per heavy atom. The highest BCUT2D eigenvalue weighted by atomic mass is 35.5. The van der Waals surface area contributed by atoms with Crippen molar-refractivity contribution in [2.75, 3.05) is 26.8 Å². The summed E-state index contributed by atoms with van der Waals surface area (Å²) < 4.78 is 10.4. The van der Waals surface area contributed by atoms with E-state index >= 15 is 0 Å². The summed E-state index contributed by atoms with van der Waals surface area (Å²) in [5.41, 5.74) is 0.316. The van der Waals surface area contributed by atoms with E-state index in [2.05, 4.69) is 9.97 Å². The summed E-state index contributed by atoms with van der Waals surface area (Å²) in [5.74, 6) is 0.0258. The Bertz CT molecular complexity index is 455. The normalized spacial score (nSPS) is 19.7. The number of carbonyl (C=O) groups excluding carboxylic acids is 1. The molecule has 1 aliphatic heterocycles. The van der Waals surface area contributed by atoms with Crippen LogP contribution in [-0.4, -0.2) is 53.7 Å². The second kappa shape index (κ2) is 5.49. The van der Waals surface area contributed by atoms with Crippen LogP contribution < -0.4 is 4.74 Å². The van der Waals surface area contributed by atoms with Crippen molar-refractivity contribution in [1.29, 1.82) is 0 Å². The maximum atomic E-state index is 12.3. The number of methoxy groups -OCH3 is 1. The molecule has 0 spiro atoms. The van der Waals surface area contributed by atoms with E-state index in [1.165, 1.54) is 13.3 Å². The minimum Gasteiger partial charge on any atom is -0.480 e. The predicted octanol–water partition coefficient (Wildman–Crippen LogP) is 0.999. The molecule has 98 valence electrons. The molecule has 1 aromatic rings. The molecule has 6 nitrogen and oxygen atoms in total. The lowest BCUT2D eigenvalue weighted by molar-refractivity contribution is -0.0125. The molecule has 1 saturated heterocycles. The van der Waals surface area contributed by atoms with E-state index in [-0.39, 0.29) is 23.2 Å². The van der Waals surface area contributed by atoms with Crippen LogP contribution in [0.5, 0.6) is 5.88 Å². The molecular formula is C11H14ClN3O3. The molecule has 2 rings (SSSR count). The van der Waals surface area contributed by atoms with Crippen LogP contribution in [0.4, 0.5) is 0 Å². The summed E-state index contributed by atoms with van der Waals surface area (Å²) in [6.45, 7) is 3.55. The topological polar surface area (TPSA) is 64.6 Å². The Labute approximate surface area is 110 Å². The van der Waals surface area contributed by atoms with Gasteiger partial charge in [0.05, 0.1) is 19.8 Å². The van der Waals surface area contributed by atoms with Crippen LogP contribution in [0, 0.1) is 0 Å². The van der Waals surface area contributed by atoms with Crippen molar-refractivity contribution in [3.63, 3.8) is 0 Å². The van der Waals surface area contributed by atoms with Gasteiger partial charge in [0.15, 0.2) is 0 Å². The van der Waals surface area contributed by atoms with Crippen LogP contribution >= 0.6 is 11.6 Å². The second-order valence-corrected chi connectivity index (χ2v) is 4.33. The number of rotatable bonds is 2. The third-order valence-electron chi connectivity index (χ3n) is 2.68. The van der Waals surface area contributed by atoms with Crippen LogP contribution in [-0.2, 0) is 4.74 Å². The van der Waals surface area contributed by atoms with Crippen molar-refractivity contribution in [2.24, 2.45) is 0 Å². The number of ether oxygens (including phenoxy) is 2. The van der Waals surface area contributed by atoms with Crippen LogP contribution in [0.25, 0.3) is 0 Å². The number of aromatic nitrogens is 2. The summed E-state index contributed by atoms with van der Waals surface area (Å²) in [6, 6.07) is 0. The van der Waals surface area contributed by atoms with Crippen molar-refractivity contribution in [3.05, 3.63) is 17.0 Å². The number of carbonyl (C=O) groups is 1. The molecule has 0 aromatic carbocycles. The van der Waals surface area contributed by atoms with Gasteiger partial charge in [0, 0.05) is 19.3 Å². The molecule has 0 N–H and O–H groups in total. The molecule has 2 heterocycles. The lowest BCUT2D eigenvalue weighted by atomic mass is 10.2. The van der Waals surface area contributed by atoms with E-state index in [1.54, 1.807) is 4.90 Å². The van der Waals surface area contributed by atoms with Gasteiger partial charge in [0.1, 0.15) is 5.56 Å². The first kappa shape index (κ1) is 13.0. The van der Waals surface area contributed by atoms with E-state index < -0.39 is 0 Å². The first-order valence-electron chi connectivity index (χ1n) is 5.59. The zero-order valence-electron chi connectivity index (χ0n) is 10.2. The van der Waals surface area contributed by atoms with Gasteiger partial charge in [-0.15, -0.1) is 0 Å². The largest absolute Gasteiger partial charge is 0.480 e. The molecule has 0 bridgehead atoms. The quantitative estimate of drug-likeness (QED) is 0.751. The van der Waals surface area contributed by atoms with Crippen molar-refractivity contribution in [1.82, 2.24) is 14.9 Å². The molecule has 0 saturated carbocycles. The van der Waals surface area contributed by atoms with Gasteiger partial charge in [-0.1, -0.05) is 0 Å². The fourth-order valence-corrected chi connectivity index (χ4v) is 1.95. The minimum atomic E-state index is -0.168. The predicted molar refractivity (Wildman–Crippen MR) is 64.9 cm³/mol. The van der Waals surface area contributed by atoms with Gasteiger partial charge in [-0.25, -0.2) is 4.98 Å². The van der Waals surface area contributed by atoms with E-state index in [0.717, 1.165) is 0 Å². The van der Waals surface area contributed by atoms with Gasteiger partial charge in [0.2, 0.25) is 11.2 Å². The first-order chi connectivity index (χ1) is 8.61. The smallest absolute Gasteiger partial charge is 0.261 e. The van der Waals surface area contributed by atoms with Gasteiger partial charge in [-0.05, 0) is 18.5 Å². The van der Waals surface area contributed by atoms with Gasteiger partial charge >= 0.3 is 0 Å². The van der Waals surface area contributed by atoms with Crippen molar-refractivity contribution in [3.8, 4) is 5.88 Å². The molecule has 1 fully saturated rings. The van der Waals surface area contributed by atoms with Gasteiger partial charge < -0.3 is 14.4 Å². The standard InChI is InChI=1S/C11H14ClN3O3/c1-7-6-15(3-4-18-7)10(16)8-5-13-11(12)14-9(8)17-2/h5,7H,3-4,6H2,1-2H3/t7-/m0/s1. The highest BCUT2D eigenvalue weighted by molar-refractivity contribution is 6.28. The zero-order valence-corrected chi connectivity index (χ0v) is 11.0. The fraction of sp³-hybridized carbons (Fsp3) is 0.545. The number of hydrogen-bond acceptors (Lipinski definition) is 5. The zero-order chi connectivity index (χ0) is 13.1. The molecule has 0 aliphatic carbocycles. The average molecular weight is 272 g/mol.